The van der Waals surface area contributed by atoms with Crippen LogP contribution in [0.25, 0.3) is 0 Å². The lowest BCUT2D eigenvalue weighted by molar-refractivity contribution is -0.123. The first-order chi connectivity index (χ1) is 11.8. The molecule has 0 aromatic carbocycles. The van der Waals surface area contributed by atoms with Gasteiger partial charge in [-0.1, -0.05) is 0 Å². The van der Waals surface area contributed by atoms with Crippen molar-refractivity contribution in [3.8, 4) is 0 Å². The predicted octanol–water partition coefficient (Wildman–Crippen LogP) is 1.29. The fraction of sp³-hybridized carbons (Fsp3) is 0.611. The molecule has 1 aromatic heterocycles. The largest absolute Gasteiger partial charge is 0.462 e. The summed E-state index contributed by atoms with van der Waals surface area (Å²) in [5.41, 5.74) is 0.256. The van der Waals surface area contributed by atoms with Crippen LogP contribution in [-0.2, 0) is 9.53 Å². The Morgan fingerprint density at radius 1 is 1.20 bits per heavy atom. The van der Waals surface area contributed by atoms with Gasteiger partial charge in [-0.05, 0) is 39.8 Å². The van der Waals surface area contributed by atoms with E-state index < -0.39 is 0 Å². The summed E-state index contributed by atoms with van der Waals surface area (Å²) in [6.07, 6.45) is 1.55. The maximum Gasteiger partial charge on any atom is 0.339 e. The normalized spacial score (nSPS) is 15.8. The highest BCUT2D eigenvalue weighted by Crippen LogP contribution is 2.14. The number of amides is 1. The van der Waals surface area contributed by atoms with Crippen molar-refractivity contribution in [3.05, 3.63) is 23.9 Å². The maximum atomic E-state index is 12.0. The molecular formula is C18H28N4O3. The number of rotatable bonds is 5. The molecule has 1 saturated heterocycles. The van der Waals surface area contributed by atoms with E-state index in [0.717, 1.165) is 32.0 Å². The molecule has 0 spiro atoms. The fourth-order valence-electron chi connectivity index (χ4n) is 2.70. The number of esters is 1. The van der Waals surface area contributed by atoms with E-state index in [1.54, 1.807) is 19.2 Å². The van der Waals surface area contributed by atoms with Crippen LogP contribution in [0.1, 0.15) is 38.1 Å². The number of aromatic nitrogens is 1. The first kappa shape index (κ1) is 19.2. The topological polar surface area (TPSA) is 74.8 Å². The summed E-state index contributed by atoms with van der Waals surface area (Å²) in [7, 11) is 0. The highest BCUT2D eigenvalue weighted by molar-refractivity contribution is 5.89. The van der Waals surface area contributed by atoms with E-state index in [2.05, 4.69) is 20.1 Å². The van der Waals surface area contributed by atoms with Gasteiger partial charge in [0.25, 0.3) is 0 Å². The quantitative estimate of drug-likeness (QED) is 0.809. The Balaban J connectivity index is 1.83. The van der Waals surface area contributed by atoms with Crippen LogP contribution in [0.4, 0.5) is 5.82 Å². The van der Waals surface area contributed by atoms with Crippen LogP contribution in [0, 0.1) is 0 Å². The second-order valence-electron chi connectivity index (χ2n) is 7.19. The molecular weight excluding hydrogens is 320 g/mol. The molecule has 7 nitrogen and oxygen atoms in total. The SMILES string of the molecule is CCOC(=O)c1ccc(N2CCN(CC(=O)NC(C)(C)C)CC2)nc1. The molecule has 138 valence electrons. The lowest BCUT2D eigenvalue weighted by atomic mass is 10.1. The summed E-state index contributed by atoms with van der Waals surface area (Å²) < 4.78 is 4.96. The molecule has 2 heterocycles. The van der Waals surface area contributed by atoms with Crippen molar-refractivity contribution in [1.82, 2.24) is 15.2 Å². The van der Waals surface area contributed by atoms with Crippen molar-refractivity contribution in [3.63, 3.8) is 0 Å². The molecule has 1 N–H and O–H groups in total. The third-order valence-electron chi connectivity index (χ3n) is 3.84. The van der Waals surface area contributed by atoms with Crippen molar-refractivity contribution in [2.24, 2.45) is 0 Å². The molecule has 0 bridgehead atoms. The van der Waals surface area contributed by atoms with Crippen LogP contribution in [0.2, 0.25) is 0 Å². The minimum atomic E-state index is -0.351. The summed E-state index contributed by atoms with van der Waals surface area (Å²) >= 11 is 0. The van der Waals surface area contributed by atoms with Crippen molar-refractivity contribution >= 4 is 17.7 Å². The van der Waals surface area contributed by atoms with Crippen LogP contribution < -0.4 is 10.2 Å². The highest BCUT2D eigenvalue weighted by Gasteiger charge is 2.22. The van der Waals surface area contributed by atoms with Gasteiger partial charge in [-0.3, -0.25) is 9.69 Å². The number of hydrogen-bond donors (Lipinski definition) is 1. The number of piperazine rings is 1. The van der Waals surface area contributed by atoms with E-state index in [-0.39, 0.29) is 17.4 Å². The molecule has 0 aliphatic carbocycles. The molecule has 0 unspecified atom stereocenters. The molecule has 0 radical (unpaired) electrons. The van der Waals surface area contributed by atoms with Gasteiger partial charge in [0.1, 0.15) is 5.82 Å². The van der Waals surface area contributed by atoms with E-state index in [4.69, 9.17) is 4.74 Å². The van der Waals surface area contributed by atoms with Gasteiger partial charge < -0.3 is 15.0 Å². The van der Waals surface area contributed by atoms with Crippen molar-refractivity contribution in [2.75, 3.05) is 44.2 Å². The number of carbonyl (C=O) groups is 2. The molecule has 25 heavy (non-hydrogen) atoms. The molecule has 1 fully saturated rings. The van der Waals surface area contributed by atoms with Gasteiger partial charge in [0.15, 0.2) is 0 Å². The van der Waals surface area contributed by atoms with Crippen LogP contribution in [0.5, 0.6) is 0 Å². The number of nitrogens with zero attached hydrogens (tertiary/aromatic N) is 3. The monoisotopic (exact) mass is 348 g/mol. The van der Waals surface area contributed by atoms with E-state index in [1.807, 2.05) is 26.8 Å². The lowest BCUT2D eigenvalue weighted by Gasteiger charge is -2.35. The zero-order valence-corrected chi connectivity index (χ0v) is 15.5. The zero-order valence-electron chi connectivity index (χ0n) is 15.5. The van der Waals surface area contributed by atoms with Gasteiger partial charge in [0.2, 0.25) is 5.91 Å². The summed E-state index contributed by atoms with van der Waals surface area (Å²) in [5.74, 6) is 0.543. The Hall–Kier alpha value is -2.15. The first-order valence-electron chi connectivity index (χ1n) is 8.70. The summed E-state index contributed by atoms with van der Waals surface area (Å²) in [5, 5.41) is 2.99. The standard InChI is InChI=1S/C18H28N4O3/c1-5-25-17(24)14-6-7-15(19-12-14)22-10-8-21(9-11-22)13-16(23)20-18(2,3)4/h6-7,12H,5,8-11,13H2,1-4H3,(H,20,23). The molecule has 1 amide bonds. The smallest absolute Gasteiger partial charge is 0.339 e. The average Bonchev–Trinajstić information content (AvgIpc) is 2.54. The Bertz CT molecular complexity index is 587. The molecule has 0 atom stereocenters. The van der Waals surface area contributed by atoms with Gasteiger partial charge >= 0.3 is 5.97 Å². The number of hydrogen-bond acceptors (Lipinski definition) is 6. The third kappa shape index (κ3) is 6.01. The molecule has 1 aromatic rings. The number of carbonyl (C=O) groups excluding carboxylic acids is 2. The van der Waals surface area contributed by atoms with Crippen LogP contribution >= 0.6 is 0 Å². The van der Waals surface area contributed by atoms with E-state index in [1.165, 1.54) is 0 Å². The zero-order chi connectivity index (χ0) is 18.4. The van der Waals surface area contributed by atoms with Crippen LogP contribution in [0.15, 0.2) is 18.3 Å². The van der Waals surface area contributed by atoms with E-state index in [9.17, 15) is 9.59 Å². The van der Waals surface area contributed by atoms with E-state index >= 15 is 0 Å². The number of ether oxygens (including phenoxy) is 1. The Kier molecular flexibility index (Phi) is 6.36. The second-order valence-corrected chi connectivity index (χ2v) is 7.19. The van der Waals surface area contributed by atoms with Crippen molar-refractivity contribution in [2.45, 2.75) is 33.2 Å². The predicted molar refractivity (Wildman–Crippen MR) is 96.7 cm³/mol. The van der Waals surface area contributed by atoms with Gasteiger partial charge in [0.05, 0.1) is 18.7 Å². The van der Waals surface area contributed by atoms with Gasteiger partial charge in [-0.25, -0.2) is 9.78 Å². The number of nitrogens with one attached hydrogen (secondary N) is 1. The Morgan fingerprint density at radius 3 is 2.40 bits per heavy atom. The Labute approximate surface area is 149 Å². The number of anilines is 1. The molecule has 1 aliphatic heterocycles. The number of pyridine rings is 1. The second kappa shape index (κ2) is 8.29. The third-order valence-corrected chi connectivity index (χ3v) is 3.84. The average molecular weight is 348 g/mol. The molecule has 0 saturated carbocycles. The minimum absolute atomic E-state index is 0.0536. The summed E-state index contributed by atoms with van der Waals surface area (Å²) in [6.45, 7) is 11.7. The van der Waals surface area contributed by atoms with Crippen LogP contribution in [0.3, 0.4) is 0 Å². The van der Waals surface area contributed by atoms with Gasteiger partial charge in [-0.2, -0.15) is 0 Å². The van der Waals surface area contributed by atoms with E-state index in [0.29, 0.717) is 18.7 Å². The molecule has 7 heteroatoms. The van der Waals surface area contributed by atoms with Crippen molar-refractivity contribution < 1.29 is 14.3 Å². The van der Waals surface area contributed by atoms with Gasteiger partial charge in [0, 0.05) is 37.9 Å². The van der Waals surface area contributed by atoms with Crippen LogP contribution in [-0.4, -0.2) is 66.6 Å². The maximum absolute atomic E-state index is 12.0. The van der Waals surface area contributed by atoms with Gasteiger partial charge in [-0.15, -0.1) is 0 Å². The molecule has 1 aliphatic rings. The fourth-order valence-corrected chi connectivity index (χ4v) is 2.70. The minimum Gasteiger partial charge on any atom is -0.462 e. The summed E-state index contributed by atoms with van der Waals surface area (Å²) in [6, 6.07) is 3.58. The summed E-state index contributed by atoms with van der Waals surface area (Å²) in [4.78, 5) is 32.3. The first-order valence-corrected chi connectivity index (χ1v) is 8.70. The highest BCUT2D eigenvalue weighted by atomic mass is 16.5. The molecule has 2 rings (SSSR count). The Morgan fingerprint density at radius 2 is 1.88 bits per heavy atom. The van der Waals surface area contributed by atoms with Crippen molar-refractivity contribution in [1.29, 1.82) is 0 Å². The lowest BCUT2D eigenvalue weighted by Crippen LogP contribution is -2.52.